The molecule has 1 spiro atoms. The predicted molar refractivity (Wildman–Crippen MR) is 131 cm³/mol. The fraction of sp³-hybridized carbons (Fsp3) is 0.583. The summed E-state index contributed by atoms with van der Waals surface area (Å²) in [5, 5.41) is 23.5. The van der Waals surface area contributed by atoms with Crippen LogP contribution in [0.4, 0.5) is 10.1 Å². The summed E-state index contributed by atoms with van der Waals surface area (Å²) in [5.41, 5.74) is 0.713. The summed E-state index contributed by atoms with van der Waals surface area (Å²) in [4.78, 5) is 40.3. The fourth-order valence-corrected chi connectivity index (χ4v) is 5.47. The van der Waals surface area contributed by atoms with Gasteiger partial charge in [-0.3, -0.25) is 19.3 Å². The minimum atomic E-state index is -0.351. The van der Waals surface area contributed by atoms with E-state index in [4.69, 9.17) is 9.90 Å². The number of piperidine rings is 1. The van der Waals surface area contributed by atoms with Crippen molar-refractivity contribution in [1.82, 2.24) is 35.7 Å². The van der Waals surface area contributed by atoms with Gasteiger partial charge in [0.1, 0.15) is 5.82 Å². The number of hydrogen-bond acceptors (Lipinski definition) is 8. The van der Waals surface area contributed by atoms with E-state index in [1.165, 1.54) is 12.1 Å². The summed E-state index contributed by atoms with van der Waals surface area (Å²) < 4.78 is 13.2. The molecule has 1 atom stereocenters. The van der Waals surface area contributed by atoms with Crippen molar-refractivity contribution in [2.45, 2.75) is 38.1 Å². The molecule has 1 unspecified atom stereocenters. The molecule has 3 fully saturated rings. The van der Waals surface area contributed by atoms with Crippen LogP contribution < -0.4 is 10.2 Å². The van der Waals surface area contributed by atoms with Gasteiger partial charge in [-0.1, -0.05) is 0 Å². The summed E-state index contributed by atoms with van der Waals surface area (Å²) in [6.07, 6.45) is 3.34. The second-order valence-electron chi connectivity index (χ2n) is 9.76. The molecule has 3 saturated heterocycles. The molecule has 2 aromatic rings. The van der Waals surface area contributed by atoms with Crippen LogP contribution in [-0.2, 0) is 20.8 Å². The Morgan fingerprint density at radius 3 is 2.43 bits per heavy atom. The van der Waals surface area contributed by atoms with E-state index in [1.807, 2.05) is 17.0 Å². The van der Waals surface area contributed by atoms with E-state index in [-0.39, 0.29) is 42.0 Å². The average Bonchev–Trinajstić information content (AvgIpc) is 3.52. The normalized spacial score (nSPS) is 21.3. The molecule has 200 valence electrons. The Bertz CT molecular complexity index is 1040. The number of rotatable bonds is 6. The minimum Gasteiger partial charge on any atom is -0.483 e. The number of carboxylic acid groups (broad SMARTS) is 1. The van der Waals surface area contributed by atoms with Crippen LogP contribution in [0.3, 0.4) is 0 Å². The molecule has 3 aliphatic heterocycles. The molecule has 5 rings (SSSR count). The molecule has 1 aromatic carbocycles. The van der Waals surface area contributed by atoms with Crippen LogP contribution in [0, 0.1) is 11.2 Å². The Labute approximate surface area is 214 Å². The van der Waals surface area contributed by atoms with Gasteiger partial charge in [-0.25, -0.2) is 9.49 Å². The van der Waals surface area contributed by atoms with Gasteiger partial charge in [0.2, 0.25) is 11.8 Å². The van der Waals surface area contributed by atoms with Gasteiger partial charge in [0.05, 0.1) is 11.8 Å². The molecule has 0 bridgehead atoms. The molecule has 37 heavy (non-hydrogen) atoms. The number of halogens is 1. The van der Waals surface area contributed by atoms with Gasteiger partial charge in [-0.2, -0.15) is 0 Å². The van der Waals surface area contributed by atoms with Gasteiger partial charge in [0, 0.05) is 57.5 Å². The Hall–Kier alpha value is -3.61. The zero-order chi connectivity index (χ0) is 26.3. The third-order valence-corrected chi connectivity index (χ3v) is 7.59. The van der Waals surface area contributed by atoms with E-state index in [9.17, 15) is 14.0 Å². The standard InChI is InChI=1S/C23H31FN8O2.CH2O2/c24-17-1-3-19(4-2-17)31-13-11-30(12-14-31)8-5-18-16-23(22(34)25-18)6-9-32(10-7-23)21(33)15-20-26-28-29-27-20;2-1-3/h1-4,18H,5-16H2,(H,25,34)(H,26,27,28,29);1H,(H,2,3). The van der Waals surface area contributed by atoms with Crippen LogP contribution >= 0.6 is 0 Å². The summed E-state index contributed by atoms with van der Waals surface area (Å²) in [5.74, 6) is 0.385. The third-order valence-electron chi connectivity index (χ3n) is 7.59. The fourth-order valence-electron chi connectivity index (χ4n) is 5.47. The molecular weight excluding hydrogens is 483 g/mol. The number of anilines is 1. The van der Waals surface area contributed by atoms with Crippen LogP contribution in [0.1, 0.15) is 31.5 Å². The highest BCUT2D eigenvalue weighted by molar-refractivity contribution is 5.86. The maximum Gasteiger partial charge on any atom is 0.290 e. The molecule has 4 heterocycles. The molecule has 3 aliphatic rings. The predicted octanol–water partition coefficient (Wildman–Crippen LogP) is 0.292. The molecule has 1 aromatic heterocycles. The first-order valence-corrected chi connectivity index (χ1v) is 12.5. The van der Waals surface area contributed by atoms with Gasteiger partial charge in [-0.05, 0) is 60.4 Å². The first-order valence-electron chi connectivity index (χ1n) is 12.5. The van der Waals surface area contributed by atoms with Crippen LogP contribution in [0.25, 0.3) is 0 Å². The second kappa shape index (κ2) is 12.1. The molecule has 2 amide bonds. The zero-order valence-corrected chi connectivity index (χ0v) is 20.7. The summed E-state index contributed by atoms with van der Waals surface area (Å²) in [6.45, 7) is 5.63. The highest BCUT2D eigenvalue weighted by atomic mass is 19.1. The first kappa shape index (κ1) is 26.5. The van der Waals surface area contributed by atoms with Crippen molar-refractivity contribution in [2.24, 2.45) is 5.41 Å². The van der Waals surface area contributed by atoms with Gasteiger partial charge in [0.15, 0.2) is 5.82 Å². The number of carbonyl (C=O) groups excluding carboxylic acids is 2. The number of H-pyrrole nitrogens is 1. The number of carbonyl (C=O) groups is 3. The van der Waals surface area contributed by atoms with Crippen molar-refractivity contribution >= 4 is 24.0 Å². The maximum absolute atomic E-state index is 13.2. The highest BCUT2D eigenvalue weighted by Crippen LogP contribution is 2.41. The lowest BCUT2D eigenvalue weighted by atomic mass is 9.75. The van der Waals surface area contributed by atoms with Crippen molar-refractivity contribution in [3.63, 3.8) is 0 Å². The smallest absolute Gasteiger partial charge is 0.290 e. The number of nitrogens with one attached hydrogen (secondary N) is 2. The summed E-state index contributed by atoms with van der Waals surface area (Å²) >= 11 is 0. The van der Waals surface area contributed by atoms with E-state index in [1.54, 1.807) is 0 Å². The van der Waals surface area contributed by atoms with Crippen molar-refractivity contribution in [3.8, 4) is 0 Å². The van der Waals surface area contributed by atoms with Crippen molar-refractivity contribution in [2.75, 3.05) is 50.7 Å². The van der Waals surface area contributed by atoms with Gasteiger partial charge in [0.25, 0.3) is 6.47 Å². The molecule has 0 aliphatic carbocycles. The topological polar surface area (TPSA) is 148 Å². The number of likely N-dealkylation sites (tertiary alicyclic amines) is 1. The van der Waals surface area contributed by atoms with Crippen molar-refractivity contribution < 1.29 is 23.9 Å². The Morgan fingerprint density at radius 1 is 1.14 bits per heavy atom. The van der Waals surface area contributed by atoms with Crippen LogP contribution in [0.2, 0.25) is 0 Å². The molecule has 3 N–H and O–H groups in total. The molecule has 13 heteroatoms. The Balaban J connectivity index is 0.00000102. The monoisotopic (exact) mass is 516 g/mol. The zero-order valence-electron chi connectivity index (χ0n) is 20.7. The van der Waals surface area contributed by atoms with Crippen LogP contribution in [-0.4, -0.2) is 106 Å². The number of benzene rings is 1. The van der Waals surface area contributed by atoms with E-state index < -0.39 is 0 Å². The lowest BCUT2D eigenvalue weighted by Crippen LogP contribution is -2.47. The molecule has 0 saturated carbocycles. The number of tetrazole rings is 1. The molecule has 0 radical (unpaired) electrons. The van der Waals surface area contributed by atoms with E-state index in [0.29, 0.717) is 31.8 Å². The minimum absolute atomic E-state index is 0.0110. The first-order chi connectivity index (χ1) is 17.9. The number of aromatic amines is 1. The Kier molecular flexibility index (Phi) is 8.64. The van der Waals surface area contributed by atoms with E-state index >= 15 is 0 Å². The summed E-state index contributed by atoms with van der Waals surface area (Å²) in [6, 6.07) is 6.87. The number of hydrogen-bond donors (Lipinski definition) is 3. The van der Waals surface area contributed by atoms with Crippen molar-refractivity contribution in [3.05, 3.63) is 35.9 Å². The largest absolute Gasteiger partial charge is 0.483 e. The number of aromatic nitrogens is 4. The second-order valence-corrected chi connectivity index (χ2v) is 9.76. The highest BCUT2D eigenvalue weighted by Gasteiger charge is 2.48. The van der Waals surface area contributed by atoms with Crippen molar-refractivity contribution in [1.29, 1.82) is 0 Å². The van der Waals surface area contributed by atoms with Gasteiger partial charge in [-0.15, -0.1) is 5.10 Å². The van der Waals surface area contributed by atoms with E-state index in [0.717, 1.165) is 51.3 Å². The molecular formula is C24H33FN8O4. The van der Waals surface area contributed by atoms with E-state index in [2.05, 4.69) is 35.7 Å². The van der Waals surface area contributed by atoms with Crippen LogP contribution in [0.5, 0.6) is 0 Å². The quantitative estimate of drug-likeness (QED) is 0.461. The van der Waals surface area contributed by atoms with Gasteiger partial charge >= 0.3 is 0 Å². The summed E-state index contributed by atoms with van der Waals surface area (Å²) in [7, 11) is 0. The maximum atomic E-state index is 13.2. The lowest BCUT2D eigenvalue weighted by molar-refractivity contribution is -0.138. The molecule has 12 nitrogen and oxygen atoms in total. The van der Waals surface area contributed by atoms with Crippen LogP contribution in [0.15, 0.2) is 24.3 Å². The lowest BCUT2D eigenvalue weighted by Gasteiger charge is -2.37. The number of nitrogens with zero attached hydrogens (tertiary/aromatic N) is 6. The third kappa shape index (κ3) is 6.59. The van der Waals surface area contributed by atoms with Gasteiger partial charge < -0.3 is 20.2 Å². The number of piperazine rings is 1. The Morgan fingerprint density at radius 2 is 1.81 bits per heavy atom. The SMILES string of the molecule is O=C(Cc1nnn[nH]1)N1CCC2(CC1)CC(CCN1CCN(c3ccc(F)cc3)CC1)NC2=O.O=CO. The average molecular weight is 517 g/mol. The number of amides is 2.